The normalized spacial score (nSPS) is 9.30. The monoisotopic (exact) mass is 150 g/mol. The molecule has 52 valence electrons. The highest BCUT2D eigenvalue weighted by Gasteiger charge is 1.91. The van der Waals surface area contributed by atoms with Crippen LogP contribution in [0.1, 0.15) is 5.56 Å². The molecule has 0 heterocycles. The molecule has 0 atom stereocenters. The first-order valence-electron chi connectivity index (χ1n) is 3.18. The molecule has 0 saturated carbocycles. The molecule has 0 aliphatic carbocycles. The Morgan fingerprint density at radius 1 is 1.40 bits per heavy atom. The van der Waals surface area contributed by atoms with Gasteiger partial charge in [-0.1, -0.05) is 36.5 Å². The molecular weight excluding hydrogens is 140 g/mol. The van der Waals surface area contributed by atoms with Gasteiger partial charge in [-0.3, -0.25) is 0 Å². The SMILES string of the molecule is C=CSc1ccccc1C. The molecular formula is C9H10S. The van der Waals surface area contributed by atoms with Gasteiger partial charge in [0, 0.05) is 4.90 Å². The highest BCUT2D eigenvalue weighted by Crippen LogP contribution is 2.21. The average molecular weight is 150 g/mol. The first kappa shape index (κ1) is 7.42. The van der Waals surface area contributed by atoms with Gasteiger partial charge in [-0.15, -0.1) is 0 Å². The second kappa shape index (κ2) is 3.47. The van der Waals surface area contributed by atoms with Crippen molar-refractivity contribution in [3.8, 4) is 0 Å². The van der Waals surface area contributed by atoms with Crippen LogP contribution in [0.25, 0.3) is 0 Å². The molecule has 1 aromatic rings. The minimum absolute atomic E-state index is 1.29. The van der Waals surface area contributed by atoms with Crippen LogP contribution >= 0.6 is 11.8 Å². The summed E-state index contributed by atoms with van der Waals surface area (Å²) in [5.74, 6) is 0. The third-order valence-corrected chi connectivity index (χ3v) is 2.18. The zero-order valence-corrected chi connectivity index (χ0v) is 6.82. The lowest BCUT2D eigenvalue weighted by molar-refractivity contribution is 1.31. The standard InChI is InChI=1S/C9H10S/c1-3-10-9-7-5-4-6-8(9)2/h3-7H,1H2,2H3. The molecule has 0 radical (unpaired) electrons. The largest absolute Gasteiger partial charge is 0.0984 e. The highest BCUT2D eigenvalue weighted by molar-refractivity contribution is 8.02. The molecule has 0 bridgehead atoms. The van der Waals surface area contributed by atoms with Crippen LogP contribution in [-0.4, -0.2) is 0 Å². The highest BCUT2D eigenvalue weighted by atomic mass is 32.2. The quantitative estimate of drug-likeness (QED) is 0.583. The van der Waals surface area contributed by atoms with Crippen molar-refractivity contribution in [3.63, 3.8) is 0 Å². The number of aryl methyl sites for hydroxylation is 1. The predicted octanol–water partition coefficient (Wildman–Crippen LogP) is 3.23. The number of hydrogen-bond acceptors (Lipinski definition) is 1. The van der Waals surface area contributed by atoms with E-state index >= 15 is 0 Å². The fourth-order valence-corrected chi connectivity index (χ4v) is 1.37. The topological polar surface area (TPSA) is 0 Å². The molecule has 0 unspecified atom stereocenters. The van der Waals surface area contributed by atoms with E-state index in [4.69, 9.17) is 0 Å². The van der Waals surface area contributed by atoms with Gasteiger partial charge in [0.1, 0.15) is 0 Å². The zero-order chi connectivity index (χ0) is 7.40. The summed E-state index contributed by atoms with van der Waals surface area (Å²) in [6, 6.07) is 8.29. The summed E-state index contributed by atoms with van der Waals surface area (Å²) < 4.78 is 0. The molecule has 0 aliphatic heterocycles. The van der Waals surface area contributed by atoms with E-state index in [0.717, 1.165) is 0 Å². The van der Waals surface area contributed by atoms with Crippen molar-refractivity contribution in [1.82, 2.24) is 0 Å². The van der Waals surface area contributed by atoms with E-state index in [1.54, 1.807) is 11.8 Å². The van der Waals surface area contributed by atoms with Crippen LogP contribution < -0.4 is 0 Å². The smallest absolute Gasteiger partial charge is 0.0145 e. The Morgan fingerprint density at radius 3 is 2.70 bits per heavy atom. The maximum atomic E-state index is 3.66. The lowest BCUT2D eigenvalue weighted by Crippen LogP contribution is -1.73. The van der Waals surface area contributed by atoms with E-state index in [0.29, 0.717) is 0 Å². The third kappa shape index (κ3) is 1.64. The van der Waals surface area contributed by atoms with Gasteiger partial charge in [0.05, 0.1) is 0 Å². The summed E-state index contributed by atoms with van der Waals surface area (Å²) in [6.07, 6.45) is 0. The zero-order valence-electron chi connectivity index (χ0n) is 6.00. The molecule has 0 fully saturated rings. The van der Waals surface area contributed by atoms with Crippen molar-refractivity contribution in [3.05, 3.63) is 41.8 Å². The molecule has 1 heteroatoms. The molecule has 1 rings (SSSR count). The van der Waals surface area contributed by atoms with Crippen LogP contribution in [0.5, 0.6) is 0 Å². The second-order valence-electron chi connectivity index (χ2n) is 2.05. The summed E-state index contributed by atoms with van der Waals surface area (Å²) in [5.41, 5.74) is 1.31. The molecule has 0 saturated heterocycles. The molecule has 0 amide bonds. The summed E-state index contributed by atoms with van der Waals surface area (Å²) in [4.78, 5) is 1.29. The summed E-state index contributed by atoms with van der Waals surface area (Å²) in [7, 11) is 0. The van der Waals surface area contributed by atoms with Crippen molar-refractivity contribution in [2.75, 3.05) is 0 Å². The maximum absolute atomic E-state index is 3.66. The van der Waals surface area contributed by atoms with Gasteiger partial charge in [0.15, 0.2) is 0 Å². The Morgan fingerprint density at radius 2 is 2.10 bits per heavy atom. The Hall–Kier alpha value is -0.690. The van der Waals surface area contributed by atoms with E-state index in [1.807, 2.05) is 17.5 Å². The average Bonchev–Trinajstić information content (AvgIpc) is 1.94. The minimum atomic E-state index is 1.29. The van der Waals surface area contributed by atoms with Crippen molar-refractivity contribution < 1.29 is 0 Å². The lowest BCUT2D eigenvalue weighted by Gasteiger charge is -1.98. The van der Waals surface area contributed by atoms with E-state index in [9.17, 15) is 0 Å². The Kier molecular flexibility index (Phi) is 2.57. The van der Waals surface area contributed by atoms with Crippen molar-refractivity contribution >= 4 is 11.8 Å². The van der Waals surface area contributed by atoms with Gasteiger partial charge in [0.2, 0.25) is 0 Å². The maximum Gasteiger partial charge on any atom is 0.0145 e. The first-order chi connectivity index (χ1) is 4.84. The summed E-state index contributed by atoms with van der Waals surface area (Å²) in [5, 5.41) is 1.85. The minimum Gasteiger partial charge on any atom is -0.0984 e. The van der Waals surface area contributed by atoms with Crippen LogP contribution in [0.4, 0.5) is 0 Å². The van der Waals surface area contributed by atoms with E-state index < -0.39 is 0 Å². The molecule has 0 aromatic heterocycles. The number of rotatable bonds is 2. The van der Waals surface area contributed by atoms with Gasteiger partial charge >= 0.3 is 0 Å². The number of hydrogen-bond donors (Lipinski definition) is 0. The molecule has 1 aromatic carbocycles. The van der Waals surface area contributed by atoms with Gasteiger partial charge in [0.25, 0.3) is 0 Å². The fraction of sp³-hybridized carbons (Fsp3) is 0.111. The van der Waals surface area contributed by atoms with Crippen LogP contribution in [0.15, 0.2) is 41.1 Å². The van der Waals surface area contributed by atoms with Crippen LogP contribution in [0, 0.1) is 6.92 Å². The van der Waals surface area contributed by atoms with Crippen LogP contribution in [-0.2, 0) is 0 Å². The Balaban J connectivity index is 2.91. The fourth-order valence-electron chi connectivity index (χ4n) is 0.778. The molecule has 0 aliphatic rings. The van der Waals surface area contributed by atoms with Gasteiger partial charge < -0.3 is 0 Å². The molecule has 0 spiro atoms. The Labute approximate surface area is 66.0 Å². The summed E-state index contributed by atoms with van der Waals surface area (Å²) >= 11 is 1.67. The number of benzene rings is 1. The van der Waals surface area contributed by atoms with Crippen molar-refractivity contribution in [1.29, 1.82) is 0 Å². The molecule has 0 nitrogen and oxygen atoms in total. The van der Waals surface area contributed by atoms with E-state index in [-0.39, 0.29) is 0 Å². The van der Waals surface area contributed by atoms with Crippen molar-refractivity contribution in [2.45, 2.75) is 11.8 Å². The van der Waals surface area contributed by atoms with Crippen LogP contribution in [0.3, 0.4) is 0 Å². The number of thioether (sulfide) groups is 1. The van der Waals surface area contributed by atoms with E-state index in [2.05, 4.69) is 25.6 Å². The molecule has 0 N–H and O–H groups in total. The molecule has 10 heavy (non-hydrogen) atoms. The first-order valence-corrected chi connectivity index (χ1v) is 4.06. The Bertz CT molecular complexity index is 228. The second-order valence-corrected chi connectivity index (χ2v) is 3.06. The lowest BCUT2D eigenvalue weighted by atomic mass is 10.2. The van der Waals surface area contributed by atoms with E-state index in [1.165, 1.54) is 10.5 Å². The van der Waals surface area contributed by atoms with Crippen LogP contribution in [0.2, 0.25) is 0 Å². The van der Waals surface area contributed by atoms with Gasteiger partial charge in [-0.05, 0) is 24.0 Å². The third-order valence-electron chi connectivity index (χ3n) is 1.30. The van der Waals surface area contributed by atoms with Gasteiger partial charge in [-0.2, -0.15) is 0 Å². The van der Waals surface area contributed by atoms with Crippen molar-refractivity contribution in [2.24, 2.45) is 0 Å². The van der Waals surface area contributed by atoms with Gasteiger partial charge in [-0.25, -0.2) is 0 Å². The summed E-state index contributed by atoms with van der Waals surface area (Å²) in [6.45, 7) is 5.76. The predicted molar refractivity (Wildman–Crippen MR) is 47.2 cm³/mol.